The Morgan fingerprint density at radius 2 is 2.10 bits per heavy atom. The van der Waals surface area contributed by atoms with Crippen molar-refractivity contribution in [1.82, 2.24) is 10.3 Å². The van der Waals surface area contributed by atoms with Crippen LogP contribution in [0.4, 0.5) is 5.82 Å². The van der Waals surface area contributed by atoms with Gasteiger partial charge in [0.25, 0.3) is 5.91 Å². The van der Waals surface area contributed by atoms with Crippen molar-refractivity contribution in [2.75, 3.05) is 12.0 Å². The first-order valence-electron chi connectivity index (χ1n) is 7.98. The Labute approximate surface area is 126 Å². The summed E-state index contributed by atoms with van der Waals surface area (Å²) in [5.41, 5.74) is 4.00. The van der Waals surface area contributed by atoms with E-state index in [2.05, 4.69) is 15.7 Å². The number of aromatic nitrogens is 1. The van der Waals surface area contributed by atoms with E-state index in [-0.39, 0.29) is 5.91 Å². The number of hydrogen-bond donors (Lipinski definition) is 3. The Kier molecular flexibility index (Phi) is 5.99. The molecule has 2 rings (SSSR count). The molecule has 0 atom stereocenters. The highest BCUT2D eigenvalue weighted by Gasteiger charge is 2.14. The minimum atomic E-state index is -0.0422. The van der Waals surface area contributed by atoms with Gasteiger partial charge in [0, 0.05) is 17.8 Å². The maximum Gasteiger partial charge on any atom is 0.251 e. The Balaban J connectivity index is 1.87. The molecule has 1 aliphatic rings. The van der Waals surface area contributed by atoms with Crippen LogP contribution in [0.1, 0.15) is 61.5 Å². The van der Waals surface area contributed by atoms with Crippen LogP contribution in [0.2, 0.25) is 0 Å². The lowest BCUT2D eigenvalue weighted by Crippen LogP contribution is -2.27. The van der Waals surface area contributed by atoms with Crippen molar-refractivity contribution in [2.45, 2.75) is 51.9 Å². The molecule has 1 fully saturated rings. The van der Waals surface area contributed by atoms with Crippen LogP contribution in [-0.4, -0.2) is 17.4 Å². The fourth-order valence-electron chi connectivity index (χ4n) is 2.94. The number of aryl methyl sites for hydroxylation is 1. The number of nitrogens with two attached hydrogens (primary N) is 1. The van der Waals surface area contributed by atoms with E-state index in [1.165, 1.54) is 32.1 Å². The maximum absolute atomic E-state index is 12.2. The van der Waals surface area contributed by atoms with Crippen molar-refractivity contribution in [1.29, 1.82) is 0 Å². The van der Waals surface area contributed by atoms with Gasteiger partial charge in [-0.05, 0) is 30.9 Å². The molecule has 0 spiro atoms. The number of pyridine rings is 1. The number of amides is 1. The van der Waals surface area contributed by atoms with Gasteiger partial charge in [0.15, 0.2) is 0 Å². The molecule has 0 radical (unpaired) electrons. The Bertz CT molecular complexity index is 447. The molecule has 4 N–H and O–H groups in total. The van der Waals surface area contributed by atoms with Crippen LogP contribution in [0.25, 0.3) is 0 Å². The Morgan fingerprint density at radius 1 is 1.33 bits per heavy atom. The first-order chi connectivity index (χ1) is 10.2. The van der Waals surface area contributed by atoms with Crippen LogP contribution in [0.5, 0.6) is 0 Å². The number of hydrogen-bond acceptors (Lipinski definition) is 4. The van der Waals surface area contributed by atoms with E-state index in [0.717, 1.165) is 31.0 Å². The molecular formula is C16H26N4O. The van der Waals surface area contributed by atoms with E-state index >= 15 is 0 Å². The van der Waals surface area contributed by atoms with Gasteiger partial charge in [0.1, 0.15) is 5.82 Å². The van der Waals surface area contributed by atoms with Crippen molar-refractivity contribution >= 4 is 11.7 Å². The third-order valence-corrected chi connectivity index (χ3v) is 4.21. The highest BCUT2D eigenvalue weighted by atomic mass is 16.1. The molecule has 1 heterocycles. The second-order valence-electron chi connectivity index (χ2n) is 5.78. The SMILES string of the molecule is CCc1cc(C(=O)NCCC2CCCCC2)cc(NN)n1. The second-order valence-corrected chi connectivity index (χ2v) is 5.78. The van der Waals surface area contributed by atoms with E-state index in [4.69, 9.17) is 5.84 Å². The average Bonchev–Trinajstić information content (AvgIpc) is 2.55. The summed E-state index contributed by atoms with van der Waals surface area (Å²) < 4.78 is 0. The number of nitrogens with one attached hydrogen (secondary N) is 2. The molecule has 0 saturated heterocycles. The zero-order valence-corrected chi connectivity index (χ0v) is 12.8. The summed E-state index contributed by atoms with van der Waals surface area (Å²) in [4.78, 5) is 16.5. The van der Waals surface area contributed by atoms with Gasteiger partial charge in [-0.3, -0.25) is 4.79 Å². The molecule has 5 heteroatoms. The zero-order chi connectivity index (χ0) is 15.1. The molecular weight excluding hydrogens is 264 g/mol. The number of anilines is 1. The molecule has 5 nitrogen and oxygen atoms in total. The van der Waals surface area contributed by atoms with Crippen LogP contribution in [0, 0.1) is 5.92 Å². The van der Waals surface area contributed by atoms with Crippen molar-refractivity contribution in [3.8, 4) is 0 Å². The first-order valence-corrected chi connectivity index (χ1v) is 7.98. The summed E-state index contributed by atoms with van der Waals surface area (Å²) in [6.45, 7) is 2.76. The number of carbonyl (C=O) groups is 1. The molecule has 116 valence electrons. The Hall–Kier alpha value is -1.62. The molecule has 0 bridgehead atoms. The van der Waals surface area contributed by atoms with Gasteiger partial charge in [-0.15, -0.1) is 0 Å². The zero-order valence-electron chi connectivity index (χ0n) is 12.8. The fraction of sp³-hybridized carbons (Fsp3) is 0.625. The smallest absolute Gasteiger partial charge is 0.251 e. The summed E-state index contributed by atoms with van der Waals surface area (Å²) in [5.74, 6) is 6.67. The van der Waals surface area contributed by atoms with E-state index in [0.29, 0.717) is 11.4 Å². The lowest BCUT2D eigenvalue weighted by Gasteiger charge is -2.21. The number of nitrogen functional groups attached to an aromatic ring is 1. The standard InChI is InChI=1S/C16H26N4O/c1-2-14-10-13(11-15(19-14)20-17)16(21)18-9-8-12-6-4-3-5-7-12/h10-12H,2-9,17H2,1H3,(H,18,21)(H,19,20). The van der Waals surface area contributed by atoms with Crippen LogP contribution < -0.4 is 16.6 Å². The van der Waals surface area contributed by atoms with Gasteiger partial charge >= 0.3 is 0 Å². The van der Waals surface area contributed by atoms with Gasteiger partial charge in [-0.25, -0.2) is 10.8 Å². The highest BCUT2D eigenvalue weighted by molar-refractivity contribution is 5.94. The van der Waals surface area contributed by atoms with Gasteiger partial charge in [-0.1, -0.05) is 39.0 Å². The first kappa shape index (κ1) is 15.8. The average molecular weight is 290 g/mol. The summed E-state index contributed by atoms with van der Waals surface area (Å²) in [6, 6.07) is 3.52. The van der Waals surface area contributed by atoms with Crippen molar-refractivity contribution in [3.63, 3.8) is 0 Å². The largest absolute Gasteiger partial charge is 0.352 e. The summed E-state index contributed by atoms with van der Waals surface area (Å²) in [5, 5.41) is 3.01. The van der Waals surface area contributed by atoms with Gasteiger partial charge < -0.3 is 10.7 Å². The quantitative estimate of drug-likeness (QED) is 0.556. The minimum Gasteiger partial charge on any atom is -0.352 e. The third-order valence-electron chi connectivity index (χ3n) is 4.21. The van der Waals surface area contributed by atoms with E-state index in [9.17, 15) is 4.79 Å². The van der Waals surface area contributed by atoms with Crippen LogP contribution >= 0.6 is 0 Å². The third kappa shape index (κ3) is 4.70. The van der Waals surface area contributed by atoms with Gasteiger partial charge in [0.2, 0.25) is 0 Å². The number of hydrazine groups is 1. The van der Waals surface area contributed by atoms with Crippen molar-refractivity contribution in [2.24, 2.45) is 11.8 Å². The fourth-order valence-corrected chi connectivity index (χ4v) is 2.94. The van der Waals surface area contributed by atoms with Gasteiger partial charge in [-0.2, -0.15) is 0 Å². The topological polar surface area (TPSA) is 80.0 Å². The molecule has 1 saturated carbocycles. The predicted molar refractivity (Wildman–Crippen MR) is 85.0 cm³/mol. The van der Waals surface area contributed by atoms with Crippen LogP contribution in [-0.2, 0) is 6.42 Å². The molecule has 1 aromatic heterocycles. The number of nitrogens with zero attached hydrogens (tertiary/aromatic N) is 1. The molecule has 0 unspecified atom stereocenters. The highest BCUT2D eigenvalue weighted by Crippen LogP contribution is 2.25. The van der Waals surface area contributed by atoms with Crippen molar-refractivity contribution < 1.29 is 4.79 Å². The van der Waals surface area contributed by atoms with Gasteiger partial charge in [0.05, 0.1) is 0 Å². The molecule has 21 heavy (non-hydrogen) atoms. The van der Waals surface area contributed by atoms with E-state index in [1.54, 1.807) is 6.07 Å². The van der Waals surface area contributed by atoms with Crippen LogP contribution in [0.3, 0.4) is 0 Å². The summed E-state index contributed by atoms with van der Waals surface area (Å²) >= 11 is 0. The van der Waals surface area contributed by atoms with E-state index < -0.39 is 0 Å². The molecule has 0 aromatic carbocycles. The van der Waals surface area contributed by atoms with Crippen molar-refractivity contribution in [3.05, 3.63) is 23.4 Å². The molecule has 1 amide bonds. The molecule has 1 aliphatic carbocycles. The number of carbonyl (C=O) groups excluding carboxylic acids is 1. The Morgan fingerprint density at radius 3 is 2.76 bits per heavy atom. The summed E-state index contributed by atoms with van der Waals surface area (Å²) in [6.07, 6.45) is 8.54. The lowest BCUT2D eigenvalue weighted by molar-refractivity contribution is 0.0950. The molecule has 1 aromatic rings. The number of rotatable bonds is 6. The van der Waals surface area contributed by atoms with E-state index in [1.807, 2.05) is 13.0 Å². The normalized spacial score (nSPS) is 15.7. The predicted octanol–water partition coefficient (Wildman–Crippen LogP) is 2.63. The molecule has 0 aliphatic heterocycles. The minimum absolute atomic E-state index is 0.0422. The lowest BCUT2D eigenvalue weighted by atomic mass is 9.87. The second kappa shape index (κ2) is 7.98. The monoisotopic (exact) mass is 290 g/mol. The maximum atomic E-state index is 12.2. The van der Waals surface area contributed by atoms with Crippen LogP contribution in [0.15, 0.2) is 12.1 Å². The summed E-state index contributed by atoms with van der Waals surface area (Å²) in [7, 11) is 0.